The number of benzene rings is 1. The van der Waals surface area contributed by atoms with Gasteiger partial charge < -0.3 is 44.5 Å². The van der Waals surface area contributed by atoms with E-state index in [4.69, 9.17) is 0 Å². The van der Waals surface area contributed by atoms with Crippen molar-refractivity contribution in [3.8, 4) is 0 Å². The topological polar surface area (TPSA) is 184 Å². The van der Waals surface area contributed by atoms with E-state index in [-0.39, 0.29) is 6.04 Å². The summed E-state index contributed by atoms with van der Waals surface area (Å²) in [6, 6.07) is 8.15. The maximum absolute atomic E-state index is 12.7. The lowest BCUT2D eigenvalue weighted by Gasteiger charge is -2.36. The average molecular weight is 505 g/mol. The van der Waals surface area contributed by atoms with Crippen LogP contribution in [0, 0.1) is 0 Å². The van der Waals surface area contributed by atoms with E-state index in [1.165, 1.54) is 0 Å². The number of rotatable bonds is 5. The number of carboxylic acid groups (broad SMARTS) is 4. The number of carbonyl (C=O) groups excluding carboxylic acids is 5. The molecule has 1 saturated heterocycles. The number of hydrogen-bond acceptors (Lipinski definition) is 12. The molecule has 190 valence electrons. The van der Waals surface area contributed by atoms with E-state index in [9.17, 15) is 44.4 Å². The lowest BCUT2D eigenvalue weighted by Crippen LogP contribution is -2.51. The molecule has 0 spiro atoms. The van der Waals surface area contributed by atoms with Gasteiger partial charge in [0.05, 0.1) is 29.9 Å². The minimum absolute atomic E-state index is 0.0878. The number of likely N-dealkylation sites (N-methyl/N-ethyl adjacent to an activating group) is 1. The number of ketones is 1. The Kier molecular flexibility index (Phi) is 13.0. The number of piperazine rings is 1. The third-order valence-electron chi connectivity index (χ3n) is 4.79. The van der Waals surface area contributed by atoms with E-state index in [0.717, 1.165) is 48.8 Å². The Labute approximate surface area is 206 Å². The number of thioether (sulfide) groups is 1. The van der Waals surface area contributed by atoms with Gasteiger partial charge in [-0.15, -0.1) is 11.8 Å². The van der Waals surface area contributed by atoms with Gasteiger partial charge in [-0.25, -0.2) is 0 Å². The van der Waals surface area contributed by atoms with Gasteiger partial charge in [-0.1, -0.05) is 18.2 Å². The Morgan fingerprint density at radius 3 is 1.74 bits per heavy atom. The average Bonchev–Trinajstić information content (AvgIpc) is 2.97. The molecule has 0 aromatic heterocycles. The summed E-state index contributed by atoms with van der Waals surface area (Å²) in [4.78, 5) is 56.3. The third kappa shape index (κ3) is 12.0. The molecule has 0 N–H and O–H groups in total. The van der Waals surface area contributed by atoms with Crippen LogP contribution in [0.15, 0.2) is 53.5 Å². The first-order chi connectivity index (χ1) is 16.5. The monoisotopic (exact) mass is 504 g/mol. The number of nitrogens with zero attached hydrogens (tertiary/aromatic N) is 2. The predicted molar refractivity (Wildman–Crippen MR) is 117 cm³/mol. The largest absolute Gasteiger partial charge is 0.545 e. The van der Waals surface area contributed by atoms with Crippen LogP contribution in [0.2, 0.25) is 0 Å². The molecule has 2 aliphatic heterocycles. The second kappa shape index (κ2) is 15.4. The van der Waals surface area contributed by atoms with Crippen molar-refractivity contribution in [3.63, 3.8) is 0 Å². The summed E-state index contributed by atoms with van der Waals surface area (Å²) in [6.45, 7) is 4.16. The Morgan fingerprint density at radius 1 is 0.829 bits per heavy atom. The van der Waals surface area contributed by atoms with Crippen LogP contribution in [0.1, 0.15) is 16.8 Å². The van der Waals surface area contributed by atoms with Crippen molar-refractivity contribution in [2.24, 2.45) is 0 Å². The van der Waals surface area contributed by atoms with Crippen LogP contribution in [0.4, 0.5) is 0 Å². The molecule has 0 saturated carbocycles. The number of hydrogen-bond donors (Lipinski definition) is 0. The van der Waals surface area contributed by atoms with Gasteiger partial charge in [0.15, 0.2) is 5.78 Å². The van der Waals surface area contributed by atoms with Crippen LogP contribution >= 0.6 is 11.8 Å². The van der Waals surface area contributed by atoms with Crippen LogP contribution in [-0.2, 0) is 19.2 Å². The van der Waals surface area contributed by atoms with Crippen LogP contribution < -0.4 is 20.4 Å². The zero-order chi connectivity index (χ0) is 26.4. The molecule has 0 radical (unpaired) electrons. The van der Waals surface area contributed by atoms with E-state index in [1.807, 2.05) is 30.0 Å². The van der Waals surface area contributed by atoms with Gasteiger partial charge in [-0.05, 0) is 49.6 Å². The lowest BCUT2D eigenvalue weighted by atomic mass is 10.00. The minimum atomic E-state index is -1.55. The fourth-order valence-corrected chi connectivity index (χ4v) is 4.20. The quantitative estimate of drug-likeness (QED) is 0.355. The minimum Gasteiger partial charge on any atom is -0.545 e. The van der Waals surface area contributed by atoms with Gasteiger partial charge in [0, 0.05) is 36.6 Å². The van der Waals surface area contributed by atoms with Crippen molar-refractivity contribution in [2.75, 3.05) is 39.0 Å². The molecule has 1 aromatic rings. The zero-order valence-corrected chi connectivity index (χ0v) is 19.7. The van der Waals surface area contributed by atoms with Crippen molar-refractivity contribution in [2.45, 2.75) is 17.4 Å². The van der Waals surface area contributed by atoms with E-state index < -0.39 is 23.9 Å². The fraction of sp³-hybridized carbons (Fsp3) is 0.348. The van der Waals surface area contributed by atoms with Crippen molar-refractivity contribution < 1.29 is 44.4 Å². The molecule has 12 heteroatoms. The molecule has 11 nitrogen and oxygen atoms in total. The maximum atomic E-state index is 12.7. The first kappa shape index (κ1) is 29.6. The number of carbonyl (C=O) groups is 5. The molecule has 35 heavy (non-hydrogen) atoms. The highest BCUT2D eigenvalue weighted by Gasteiger charge is 2.31. The Morgan fingerprint density at radius 2 is 1.29 bits per heavy atom. The van der Waals surface area contributed by atoms with Crippen molar-refractivity contribution in [1.82, 2.24) is 9.80 Å². The van der Waals surface area contributed by atoms with Gasteiger partial charge in [-0.3, -0.25) is 9.69 Å². The highest BCUT2D eigenvalue weighted by atomic mass is 32.2. The first-order valence-corrected chi connectivity index (χ1v) is 11.4. The summed E-state index contributed by atoms with van der Waals surface area (Å²) in [5.74, 6) is -4.82. The predicted octanol–water partition coefficient (Wildman–Crippen LogP) is -3.93. The van der Waals surface area contributed by atoms with Gasteiger partial charge in [0.1, 0.15) is 0 Å². The van der Waals surface area contributed by atoms with Crippen molar-refractivity contribution in [3.05, 3.63) is 54.1 Å². The molecule has 0 amide bonds. The third-order valence-corrected chi connectivity index (χ3v) is 5.90. The number of aliphatic carboxylic acids is 4. The number of fused-ring (bicyclic) bond motifs is 1. The van der Waals surface area contributed by atoms with Gasteiger partial charge >= 0.3 is 0 Å². The molecule has 1 atom stereocenters. The zero-order valence-electron chi connectivity index (χ0n) is 18.9. The first-order valence-electron chi connectivity index (χ1n) is 10.4. The SMILES string of the molecule is CN1CCN(C2CCSc3ccccc3C2=O)CC1.O=C([O-])/C=C\C(=O)[O-].O=C([O-])/C=C\C(=O)[O-]. The molecule has 2 aliphatic rings. The van der Waals surface area contributed by atoms with Gasteiger partial charge in [-0.2, -0.15) is 0 Å². The van der Waals surface area contributed by atoms with Crippen LogP contribution in [0.5, 0.6) is 0 Å². The summed E-state index contributed by atoms with van der Waals surface area (Å²) < 4.78 is 0. The highest BCUT2D eigenvalue weighted by molar-refractivity contribution is 7.99. The smallest absolute Gasteiger partial charge is 0.181 e. The summed E-state index contributed by atoms with van der Waals surface area (Å²) >= 11 is 1.82. The summed E-state index contributed by atoms with van der Waals surface area (Å²) in [5.41, 5.74) is 0.925. The van der Waals surface area contributed by atoms with Crippen molar-refractivity contribution in [1.29, 1.82) is 0 Å². The Balaban J connectivity index is 0.000000320. The summed E-state index contributed by atoms with van der Waals surface area (Å²) in [6.07, 6.45) is 2.51. The Bertz CT molecular complexity index is 903. The van der Waals surface area contributed by atoms with E-state index in [1.54, 1.807) is 0 Å². The molecule has 1 aromatic carbocycles. The standard InChI is InChI=1S/C15H20N2OS.2C4H4O4/c1-16-7-9-17(10-8-16)13-6-11-19-14-5-3-2-4-12(14)15(13)18;2*5-3(6)1-2-4(7)8/h2-5,13H,6-11H2,1H3;2*1-2H,(H,5,6)(H,7,8)/p-4/b;2*2-1-. The maximum Gasteiger partial charge on any atom is 0.181 e. The van der Waals surface area contributed by atoms with Crippen LogP contribution in [0.3, 0.4) is 0 Å². The summed E-state index contributed by atoms with van der Waals surface area (Å²) in [5, 5.41) is 37.7. The molecular formula is C23H24N2O9S-4. The molecule has 2 heterocycles. The van der Waals surface area contributed by atoms with E-state index in [2.05, 4.69) is 22.9 Å². The molecule has 1 fully saturated rings. The van der Waals surface area contributed by atoms with E-state index in [0.29, 0.717) is 30.1 Å². The van der Waals surface area contributed by atoms with Gasteiger partial charge in [0.2, 0.25) is 0 Å². The van der Waals surface area contributed by atoms with Crippen LogP contribution in [-0.4, -0.2) is 84.5 Å². The molecule has 0 aliphatic carbocycles. The van der Waals surface area contributed by atoms with Crippen molar-refractivity contribution >= 4 is 41.4 Å². The highest BCUT2D eigenvalue weighted by Crippen LogP contribution is 2.30. The van der Waals surface area contributed by atoms with E-state index >= 15 is 0 Å². The van der Waals surface area contributed by atoms with Gasteiger partial charge in [0.25, 0.3) is 0 Å². The Hall–Kier alpha value is -3.48. The molecule has 3 rings (SSSR count). The van der Waals surface area contributed by atoms with Crippen LogP contribution in [0.25, 0.3) is 0 Å². The normalized spacial score (nSPS) is 18.4. The number of carboxylic acids is 4. The molecule has 0 bridgehead atoms. The lowest BCUT2D eigenvalue weighted by molar-refractivity contribution is -0.301. The second-order valence-electron chi connectivity index (χ2n) is 7.30. The second-order valence-corrected chi connectivity index (χ2v) is 8.43. The number of Topliss-reactive ketones (excluding diaryl/α,β-unsaturated/α-hetero) is 1. The molecule has 1 unspecified atom stereocenters. The fourth-order valence-electron chi connectivity index (χ4n) is 3.14. The molecular weight excluding hydrogens is 480 g/mol. The summed E-state index contributed by atoms with van der Waals surface area (Å²) in [7, 11) is 2.15.